The first-order valence-corrected chi connectivity index (χ1v) is 6.66. The van der Waals surface area contributed by atoms with Gasteiger partial charge in [0.05, 0.1) is 17.5 Å². The first-order valence-electron chi connectivity index (χ1n) is 6.66. The molecule has 2 aromatic heterocycles. The van der Waals surface area contributed by atoms with Crippen molar-refractivity contribution in [1.82, 2.24) is 14.8 Å². The van der Waals surface area contributed by atoms with Crippen LogP contribution < -0.4 is 5.73 Å². The van der Waals surface area contributed by atoms with Crippen molar-refractivity contribution in [3.05, 3.63) is 23.5 Å². The van der Waals surface area contributed by atoms with Gasteiger partial charge in [0.1, 0.15) is 0 Å². The first-order chi connectivity index (χ1) is 9.81. The summed E-state index contributed by atoms with van der Waals surface area (Å²) >= 11 is 0. The molecule has 0 aromatic carbocycles. The summed E-state index contributed by atoms with van der Waals surface area (Å²) in [6.45, 7) is 7.14. The van der Waals surface area contributed by atoms with E-state index in [4.69, 9.17) is 10.5 Å². The van der Waals surface area contributed by atoms with Gasteiger partial charge in [0.15, 0.2) is 11.8 Å². The van der Waals surface area contributed by atoms with Crippen LogP contribution in [0, 0.1) is 6.92 Å². The molecule has 1 amide bonds. The molecule has 7 nitrogen and oxygen atoms in total. The van der Waals surface area contributed by atoms with Gasteiger partial charge in [0.2, 0.25) is 0 Å². The zero-order chi connectivity index (χ0) is 15.7. The van der Waals surface area contributed by atoms with E-state index < -0.39 is 18.0 Å². The second-order valence-corrected chi connectivity index (χ2v) is 5.17. The normalized spacial score (nSPS) is 12.6. The molecule has 0 fully saturated rings. The Hall–Kier alpha value is -2.44. The van der Waals surface area contributed by atoms with Gasteiger partial charge in [-0.15, -0.1) is 0 Å². The number of hydrogen-bond acceptors (Lipinski definition) is 5. The minimum absolute atomic E-state index is 0.169. The van der Waals surface area contributed by atoms with Crippen molar-refractivity contribution in [3.8, 4) is 0 Å². The molecule has 2 heterocycles. The van der Waals surface area contributed by atoms with Crippen molar-refractivity contribution < 1.29 is 14.3 Å². The molecule has 2 N–H and O–H groups in total. The molecule has 1 atom stereocenters. The molecule has 0 radical (unpaired) electrons. The number of carbonyl (C=O) groups is 2. The van der Waals surface area contributed by atoms with Gasteiger partial charge in [0.25, 0.3) is 5.91 Å². The highest BCUT2D eigenvalue weighted by molar-refractivity contribution is 5.96. The fourth-order valence-electron chi connectivity index (χ4n) is 1.93. The fraction of sp³-hybridized carbons (Fsp3) is 0.429. The zero-order valence-electron chi connectivity index (χ0n) is 12.5. The van der Waals surface area contributed by atoms with Crippen molar-refractivity contribution in [3.63, 3.8) is 0 Å². The van der Waals surface area contributed by atoms with Crippen molar-refractivity contribution in [2.45, 2.75) is 39.8 Å². The molecular weight excluding hydrogens is 272 g/mol. The molecule has 0 aliphatic rings. The molecule has 2 aromatic rings. The van der Waals surface area contributed by atoms with E-state index in [0.717, 1.165) is 5.39 Å². The lowest BCUT2D eigenvalue weighted by molar-refractivity contribution is -0.125. The van der Waals surface area contributed by atoms with E-state index in [1.807, 2.05) is 13.8 Å². The first kappa shape index (κ1) is 15.0. The van der Waals surface area contributed by atoms with E-state index in [9.17, 15) is 9.59 Å². The van der Waals surface area contributed by atoms with Crippen molar-refractivity contribution in [1.29, 1.82) is 0 Å². The maximum Gasteiger partial charge on any atom is 0.340 e. The average Bonchev–Trinajstić information content (AvgIpc) is 2.80. The van der Waals surface area contributed by atoms with Crippen molar-refractivity contribution in [2.75, 3.05) is 0 Å². The third kappa shape index (κ3) is 2.86. The lowest BCUT2D eigenvalue weighted by Crippen LogP contribution is -2.30. The van der Waals surface area contributed by atoms with Gasteiger partial charge in [-0.2, -0.15) is 5.10 Å². The number of nitrogens with zero attached hydrogens (tertiary/aromatic N) is 3. The summed E-state index contributed by atoms with van der Waals surface area (Å²) in [5, 5.41) is 5.00. The number of nitrogens with two attached hydrogens (primary N) is 1. The number of aryl methyl sites for hydroxylation is 1. The lowest BCUT2D eigenvalue weighted by atomic mass is 10.1. The highest BCUT2D eigenvalue weighted by atomic mass is 16.5. The molecule has 7 heteroatoms. The second kappa shape index (κ2) is 5.51. The summed E-state index contributed by atoms with van der Waals surface area (Å²) in [5.74, 6) is -1.31. The molecule has 112 valence electrons. The van der Waals surface area contributed by atoms with Crippen LogP contribution in [0.25, 0.3) is 11.0 Å². The van der Waals surface area contributed by atoms with Crippen LogP contribution in [0.15, 0.2) is 12.3 Å². The summed E-state index contributed by atoms with van der Waals surface area (Å²) in [6.07, 6.45) is 0.668. The van der Waals surface area contributed by atoms with Crippen LogP contribution in [0.3, 0.4) is 0 Å². The fourth-order valence-corrected chi connectivity index (χ4v) is 1.93. The molecule has 0 aliphatic heterocycles. The number of pyridine rings is 1. The standard InChI is InChI=1S/C14H18N4O3/c1-7(2)18-13-10(6-16-18)5-11(8(3)17-13)14(20)21-9(4)12(15)19/h5-7,9H,1-4H3,(H2,15,19)/t9-/m1/s1. The number of rotatable bonds is 4. The highest BCUT2D eigenvalue weighted by Gasteiger charge is 2.20. The average molecular weight is 290 g/mol. The van der Waals surface area contributed by atoms with Crippen LogP contribution in [0.2, 0.25) is 0 Å². The predicted molar refractivity (Wildman–Crippen MR) is 76.7 cm³/mol. The predicted octanol–water partition coefficient (Wildman–Crippen LogP) is 1.35. The number of primary amides is 1. The molecule has 0 saturated carbocycles. The summed E-state index contributed by atoms with van der Waals surface area (Å²) < 4.78 is 6.78. The number of amides is 1. The molecule has 0 spiro atoms. The Morgan fingerprint density at radius 2 is 2.00 bits per heavy atom. The Bertz CT molecular complexity index is 706. The van der Waals surface area contributed by atoms with Crippen LogP contribution in [0.5, 0.6) is 0 Å². The van der Waals surface area contributed by atoms with Crippen LogP contribution in [0.4, 0.5) is 0 Å². The Morgan fingerprint density at radius 3 is 2.57 bits per heavy atom. The number of aromatic nitrogens is 3. The lowest BCUT2D eigenvalue weighted by Gasteiger charge is -2.11. The molecule has 0 saturated heterocycles. The number of hydrogen-bond donors (Lipinski definition) is 1. The number of esters is 1. The van der Waals surface area contributed by atoms with Gasteiger partial charge in [-0.05, 0) is 33.8 Å². The molecular formula is C14H18N4O3. The van der Waals surface area contributed by atoms with Crippen LogP contribution in [-0.4, -0.2) is 32.7 Å². The van der Waals surface area contributed by atoms with Crippen LogP contribution in [0.1, 0.15) is 42.9 Å². The summed E-state index contributed by atoms with van der Waals surface area (Å²) in [7, 11) is 0. The Labute approximate surface area is 122 Å². The van der Waals surface area contributed by atoms with E-state index in [-0.39, 0.29) is 6.04 Å². The van der Waals surface area contributed by atoms with Gasteiger partial charge in [-0.25, -0.2) is 14.5 Å². The summed E-state index contributed by atoms with van der Waals surface area (Å²) in [4.78, 5) is 27.4. The molecule has 0 unspecified atom stereocenters. The monoisotopic (exact) mass is 290 g/mol. The Kier molecular flexibility index (Phi) is 3.93. The van der Waals surface area contributed by atoms with Crippen LogP contribution in [-0.2, 0) is 9.53 Å². The SMILES string of the molecule is Cc1nc2c(cnn2C(C)C)cc1C(=O)O[C@H](C)C(N)=O. The maximum atomic E-state index is 12.1. The molecule has 0 aliphatic carbocycles. The van der Waals surface area contributed by atoms with E-state index in [2.05, 4.69) is 10.1 Å². The zero-order valence-corrected chi connectivity index (χ0v) is 12.5. The number of carbonyl (C=O) groups excluding carboxylic acids is 2. The quantitative estimate of drug-likeness (QED) is 0.857. The van der Waals surface area contributed by atoms with Gasteiger partial charge in [-0.3, -0.25) is 4.79 Å². The summed E-state index contributed by atoms with van der Waals surface area (Å²) in [6, 6.07) is 1.83. The number of ether oxygens (including phenoxy) is 1. The molecule has 21 heavy (non-hydrogen) atoms. The van der Waals surface area contributed by atoms with Crippen molar-refractivity contribution >= 4 is 22.9 Å². The third-order valence-corrected chi connectivity index (χ3v) is 3.15. The van der Waals surface area contributed by atoms with E-state index in [0.29, 0.717) is 16.9 Å². The van der Waals surface area contributed by atoms with E-state index in [1.165, 1.54) is 6.92 Å². The Morgan fingerprint density at radius 1 is 1.33 bits per heavy atom. The van der Waals surface area contributed by atoms with E-state index >= 15 is 0 Å². The maximum absolute atomic E-state index is 12.1. The van der Waals surface area contributed by atoms with Gasteiger partial charge < -0.3 is 10.5 Å². The number of fused-ring (bicyclic) bond motifs is 1. The van der Waals surface area contributed by atoms with Crippen molar-refractivity contribution in [2.24, 2.45) is 5.73 Å². The van der Waals surface area contributed by atoms with E-state index in [1.54, 1.807) is 23.9 Å². The van der Waals surface area contributed by atoms with Gasteiger partial charge >= 0.3 is 5.97 Å². The topological polar surface area (TPSA) is 100 Å². The Balaban J connectivity index is 2.40. The summed E-state index contributed by atoms with van der Waals surface area (Å²) in [5.41, 5.74) is 6.62. The highest BCUT2D eigenvalue weighted by Crippen LogP contribution is 2.20. The second-order valence-electron chi connectivity index (χ2n) is 5.17. The van der Waals surface area contributed by atoms with Crippen LogP contribution >= 0.6 is 0 Å². The smallest absolute Gasteiger partial charge is 0.340 e. The molecule has 0 bridgehead atoms. The largest absolute Gasteiger partial charge is 0.449 e. The van der Waals surface area contributed by atoms with Gasteiger partial charge in [0, 0.05) is 11.4 Å². The minimum Gasteiger partial charge on any atom is -0.449 e. The van der Waals surface area contributed by atoms with Gasteiger partial charge in [-0.1, -0.05) is 0 Å². The third-order valence-electron chi connectivity index (χ3n) is 3.15. The minimum atomic E-state index is -0.981. The molecule has 2 rings (SSSR count).